The summed E-state index contributed by atoms with van der Waals surface area (Å²) in [7, 11) is 2.12. The van der Waals surface area contributed by atoms with Gasteiger partial charge in [0, 0.05) is 26.2 Å². The molecule has 4 heteroatoms. The molecule has 1 aliphatic rings. The molecule has 2 rings (SSSR count). The summed E-state index contributed by atoms with van der Waals surface area (Å²) < 4.78 is 5.59. The first-order valence-electron chi connectivity index (χ1n) is 6.46. The van der Waals surface area contributed by atoms with E-state index >= 15 is 0 Å². The molecule has 0 aromatic heterocycles. The number of nitrogens with one attached hydrogen (secondary N) is 1. The van der Waals surface area contributed by atoms with Gasteiger partial charge < -0.3 is 14.5 Å². The lowest BCUT2D eigenvalue weighted by Gasteiger charge is -2.34. The van der Waals surface area contributed by atoms with Gasteiger partial charge in [-0.15, -0.1) is 0 Å². The van der Waals surface area contributed by atoms with Crippen molar-refractivity contribution in [3.63, 3.8) is 0 Å². The van der Waals surface area contributed by atoms with Crippen LogP contribution in [0.3, 0.4) is 0 Å². The zero-order valence-corrected chi connectivity index (χ0v) is 11.1. The predicted octanol–water partition coefficient (Wildman–Crippen LogP) is 1.66. The van der Waals surface area contributed by atoms with E-state index in [1.807, 2.05) is 31.2 Å². The highest BCUT2D eigenvalue weighted by Gasteiger charge is 2.19. The summed E-state index contributed by atoms with van der Waals surface area (Å²) >= 11 is 0. The van der Waals surface area contributed by atoms with E-state index in [4.69, 9.17) is 10.1 Å². The number of piperazine rings is 1. The average Bonchev–Trinajstić information content (AvgIpc) is 2.40. The molecule has 0 amide bonds. The van der Waals surface area contributed by atoms with E-state index in [0.29, 0.717) is 12.4 Å². The van der Waals surface area contributed by atoms with E-state index in [-0.39, 0.29) is 0 Å². The number of benzene rings is 1. The van der Waals surface area contributed by atoms with Crippen LogP contribution in [-0.2, 0) is 0 Å². The monoisotopic (exact) mass is 247 g/mol. The minimum absolute atomic E-state index is 0.576. The van der Waals surface area contributed by atoms with Gasteiger partial charge in [-0.1, -0.05) is 12.1 Å². The Bertz CT molecular complexity index is 411. The van der Waals surface area contributed by atoms with Crippen molar-refractivity contribution in [2.45, 2.75) is 6.92 Å². The molecule has 1 heterocycles. The molecule has 0 bridgehead atoms. The smallest absolute Gasteiger partial charge is 0.131 e. The van der Waals surface area contributed by atoms with Crippen molar-refractivity contribution in [1.29, 1.82) is 5.41 Å². The van der Waals surface area contributed by atoms with Crippen molar-refractivity contribution in [1.82, 2.24) is 9.80 Å². The molecule has 1 aromatic rings. The summed E-state index contributed by atoms with van der Waals surface area (Å²) in [6.07, 6.45) is 0. The fourth-order valence-electron chi connectivity index (χ4n) is 2.14. The second-order valence-corrected chi connectivity index (χ2v) is 4.57. The zero-order chi connectivity index (χ0) is 13.0. The second-order valence-electron chi connectivity index (χ2n) is 4.57. The van der Waals surface area contributed by atoms with Gasteiger partial charge >= 0.3 is 0 Å². The van der Waals surface area contributed by atoms with E-state index in [1.54, 1.807) is 0 Å². The van der Waals surface area contributed by atoms with Crippen molar-refractivity contribution in [3.05, 3.63) is 29.8 Å². The van der Waals surface area contributed by atoms with Crippen LogP contribution in [0.25, 0.3) is 0 Å². The molecule has 0 saturated carbocycles. The van der Waals surface area contributed by atoms with Gasteiger partial charge in [0.25, 0.3) is 0 Å². The summed E-state index contributed by atoms with van der Waals surface area (Å²) in [5.74, 6) is 1.39. The van der Waals surface area contributed by atoms with Crippen molar-refractivity contribution in [2.24, 2.45) is 0 Å². The Morgan fingerprint density at radius 3 is 2.56 bits per heavy atom. The molecule has 0 aliphatic carbocycles. The zero-order valence-electron chi connectivity index (χ0n) is 11.1. The van der Waals surface area contributed by atoms with Crippen molar-refractivity contribution < 1.29 is 4.74 Å². The lowest BCUT2D eigenvalue weighted by Crippen LogP contribution is -2.47. The first-order valence-corrected chi connectivity index (χ1v) is 6.46. The number of para-hydroxylation sites is 1. The molecule has 1 aromatic carbocycles. The number of likely N-dealkylation sites (N-methyl/N-ethyl adjacent to an activating group) is 1. The Hall–Kier alpha value is -1.55. The highest BCUT2D eigenvalue weighted by atomic mass is 16.5. The van der Waals surface area contributed by atoms with Gasteiger partial charge in [0.05, 0.1) is 12.2 Å². The van der Waals surface area contributed by atoms with Gasteiger partial charge in [-0.3, -0.25) is 5.41 Å². The lowest BCUT2D eigenvalue weighted by atomic mass is 10.1. The molecule has 4 nitrogen and oxygen atoms in total. The molecular formula is C14H21N3O. The fraction of sp³-hybridized carbons (Fsp3) is 0.500. The normalized spacial score (nSPS) is 16.7. The minimum atomic E-state index is 0.576. The lowest BCUT2D eigenvalue weighted by molar-refractivity contribution is 0.214. The first-order chi connectivity index (χ1) is 8.72. The number of hydrogen-bond acceptors (Lipinski definition) is 3. The Morgan fingerprint density at radius 2 is 1.89 bits per heavy atom. The minimum Gasteiger partial charge on any atom is -0.493 e. The predicted molar refractivity (Wildman–Crippen MR) is 73.5 cm³/mol. The second kappa shape index (κ2) is 5.87. The van der Waals surface area contributed by atoms with E-state index in [1.165, 1.54) is 0 Å². The Labute approximate surface area is 109 Å². The quantitative estimate of drug-likeness (QED) is 0.652. The molecule has 0 radical (unpaired) electrons. The molecule has 0 atom stereocenters. The van der Waals surface area contributed by atoms with E-state index < -0.39 is 0 Å². The molecule has 1 fully saturated rings. The summed E-state index contributed by atoms with van der Waals surface area (Å²) in [6.45, 7) is 6.45. The van der Waals surface area contributed by atoms with Crippen LogP contribution in [0.1, 0.15) is 12.5 Å². The maximum Gasteiger partial charge on any atom is 0.131 e. The van der Waals surface area contributed by atoms with Gasteiger partial charge in [-0.2, -0.15) is 0 Å². The van der Waals surface area contributed by atoms with Gasteiger partial charge in [0.15, 0.2) is 0 Å². The van der Waals surface area contributed by atoms with Crippen LogP contribution >= 0.6 is 0 Å². The van der Waals surface area contributed by atoms with Crippen molar-refractivity contribution in [3.8, 4) is 5.75 Å². The third-order valence-electron chi connectivity index (χ3n) is 3.26. The van der Waals surface area contributed by atoms with Crippen LogP contribution in [-0.4, -0.2) is 55.5 Å². The topological polar surface area (TPSA) is 39.6 Å². The van der Waals surface area contributed by atoms with E-state index in [9.17, 15) is 0 Å². The Morgan fingerprint density at radius 1 is 1.22 bits per heavy atom. The van der Waals surface area contributed by atoms with Gasteiger partial charge in [-0.05, 0) is 26.1 Å². The van der Waals surface area contributed by atoms with Crippen LogP contribution in [0.2, 0.25) is 0 Å². The largest absolute Gasteiger partial charge is 0.493 e. The van der Waals surface area contributed by atoms with Crippen LogP contribution in [0, 0.1) is 5.41 Å². The first kappa shape index (κ1) is 12.9. The third kappa shape index (κ3) is 2.82. The number of amidine groups is 1. The van der Waals surface area contributed by atoms with E-state index in [0.717, 1.165) is 37.5 Å². The van der Waals surface area contributed by atoms with Crippen LogP contribution in [0.5, 0.6) is 5.75 Å². The van der Waals surface area contributed by atoms with Gasteiger partial charge in [0.1, 0.15) is 11.6 Å². The molecule has 0 unspecified atom stereocenters. The third-order valence-corrected chi connectivity index (χ3v) is 3.26. The van der Waals surface area contributed by atoms with Crippen molar-refractivity contribution >= 4 is 5.84 Å². The number of nitrogens with zero attached hydrogens (tertiary/aromatic N) is 2. The van der Waals surface area contributed by atoms with E-state index in [2.05, 4.69) is 16.8 Å². The summed E-state index contributed by atoms with van der Waals surface area (Å²) in [5.41, 5.74) is 0.893. The fourth-order valence-corrected chi connectivity index (χ4v) is 2.14. The van der Waals surface area contributed by atoms with Crippen LogP contribution in [0.4, 0.5) is 0 Å². The molecule has 1 aliphatic heterocycles. The van der Waals surface area contributed by atoms with Crippen LogP contribution < -0.4 is 4.74 Å². The van der Waals surface area contributed by atoms with Gasteiger partial charge in [0.2, 0.25) is 0 Å². The maximum absolute atomic E-state index is 8.34. The highest BCUT2D eigenvalue weighted by molar-refractivity contribution is 5.99. The molecule has 18 heavy (non-hydrogen) atoms. The highest BCUT2D eigenvalue weighted by Crippen LogP contribution is 2.20. The average molecular weight is 247 g/mol. The maximum atomic E-state index is 8.34. The molecule has 0 spiro atoms. The standard InChI is InChI=1S/C14H21N3O/c1-3-18-13-7-5-4-6-12(13)14(15)17-10-8-16(2)9-11-17/h4-7,15H,3,8-11H2,1-2H3. The molecule has 1 saturated heterocycles. The molecule has 1 N–H and O–H groups in total. The van der Waals surface area contributed by atoms with Crippen LogP contribution in [0.15, 0.2) is 24.3 Å². The van der Waals surface area contributed by atoms with Crippen molar-refractivity contribution in [2.75, 3.05) is 39.8 Å². The molecule has 98 valence electrons. The number of rotatable bonds is 3. The Kier molecular flexibility index (Phi) is 4.20. The summed E-state index contributed by atoms with van der Waals surface area (Å²) in [4.78, 5) is 4.41. The van der Waals surface area contributed by atoms with Gasteiger partial charge in [-0.25, -0.2) is 0 Å². The number of hydrogen-bond donors (Lipinski definition) is 1. The Balaban J connectivity index is 2.13. The summed E-state index contributed by atoms with van der Waals surface area (Å²) in [5, 5.41) is 8.34. The number of ether oxygens (including phenoxy) is 1. The molecular weight excluding hydrogens is 226 g/mol. The SMILES string of the molecule is CCOc1ccccc1C(=N)N1CCN(C)CC1. The summed E-state index contributed by atoms with van der Waals surface area (Å²) in [6, 6.07) is 7.81.